The standard InChI is InChI=1S/C11H19N3O2S/c1-9-11(10(2)13(3)12-9)17(15,16)14-7-5-4-6-8-14/h4-8H2,1-3H3. The van der Waals surface area contributed by atoms with Gasteiger partial charge in [-0.15, -0.1) is 0 Å². The molecule has 2 rings (SSSR count). The van der Waals surface area contributed by atoms with Crippen LogP contribution < -0.4 is 0 Å². The Kier molecular flexibility index (Phi) is 3.27. The largest absolute Gasteiger partial charge is 0.271 e. The van der Waals surface area contributed by atoms with E-state index in [0.717, 1.165) is 19.3 Å². The summed E-state index contributed by atoms with van der Waals surface area (Å²) in [5.41, 5.74) is 1.31. The average molecular weight is 257 g/mol. The van der Waals surface area contributed by atoms with Gasteiger partial charge in [-0.25, -0.2) is 8.42 Å². The summed E-state index contributed by atoms with van der Waals surface area (Å²) in [7, 11) is -1.58. The maximum atomic E-state index is 12.5. The van der Waals surface area contributed by atoms with Gasteiger partial charge in [0.15, 0.2) is 0 Å². The predicted molar refractivity (Wildman–Crippen MR) is 65.3 cm³/mol. The molecule has 0 atom stereocenters. The lowest BCUT2D eigenvalue weighted by Crippen LogP contribution is -2.36. The highest BCUT2D eigenvalue weighted by Crippen LogP contribution is 2.25. The van der Waals surface area contributed by atoms with Gasteiger partial charge in [0.1, 0.15) is 4.90 Å². The number of hydrogen-bond donors (Lipinski definition) is 0. The van der Waals surface area contributed by atoms with Gasteiger partial charge in [0.05, 0.1) is 11.4 Å². The van der Waals surface area contributed by atoms with E-state index in [1.54, 1.807) is 29.9 Å². The zero-order valence-electron chi connectivity index (χ0n) is 10.6. The van der Waals surface area contributed by atoms with Gasteiger partial charge in [-0.1, -0.05) is 6.42 Å². The lowest BCUT2D eigenvalue weighted by atomic mass is 10.2. The first kappa shape index (κ1) is 12.6. The second kappa shape index (κ2) is 4.42. The van der Waals surface area contributed by atoms with E-state index in [0.29, 0.717) is 29.4 Å². The van der Waals surface area contributed by atoms with Gasteiger partial charge >= 0.3 is 0 Å². The highest BCUT2D eigenvalue weighted by molar-refractivity contribution is 7.89. The van der Waals surface area contributed by atoms with E-state index >= 15 is 0 Å². The number of aromatic nitrogens is 2. The van der Waals surface area contributed by atoms with Crippen LogP contribution in [0.25, 0.3) is 0 Å². The molecule has 6 heteroatoms. The molecule has 1 fully saturated rings. The number of piperidine rings is 1. The normalized spacial score (nSPS) is 18.5. The predicted octanol–water partition coefficient (Wildman–Crippen LogP) is 1.21. The smallest absolute Gasteiger partial charge is 0.246 e. The first-order valence-corrected chi connectivity index (χ1v) is 7.39. The zero-order chi connectivity index (χ0) is 12.6. The molecule has 1 aromatic heterocycles. The van der Waals surface area contributed by atoms with Crippen molar-refractivity contribution in [3.8, 4) is 0 Å². The van der Waals surface area contributed by atoms with Crippen molar-refractivity contribution in [1.29, 1.82) is 0 Å². The van der Waals surface area contributed by atoms with Crippen LogP contribution in [0.2, 0.25) is 0 Å². The molecule has 0 bridgehead atoms. The van der Waals surface area contributed by atoms with Crippen LogP contribution in [0.5, 0.6) is 0 Å². The third-order valence-corrected chi connectivity index (χ3v) is 5.51. The van der Waals surface area contributed by atoms with Crippen LogP contribution in [0.4, 0.5) is 0 Å². The Morgan fingerprint density at radius 1 is 1.12 bits per heavy atom. The lowest BCUT2D eigenvalue weighted by Gasteiger charge is -2.25. The van der Waals surface area contributed by atoms with Gasteiger partial charge in [0.2, 0.25) is 10.0 Å². The van der Waals surface area contributed by atoms with Crippen molar-refractivity contribution < 1.29 is 8.42 Å². The number of sulfonamides is 1. The van der Waals surface area contributed by atoms with Crippen molar-refractivity contribution in [3.05, 3.63) is 11.4 Å². The SMILES string of the molecule is Cc1nn(C)c(C)c1S(=O)(=O)N1CCCCC1. The average Bonchev–Trinajstić information content (AvgIpc) is 2.54. The molecule has 1 aliphatic rings. The van der Waals surface area contributed by atoms with Crippen LogP contribution in [0.1, 0.15) is 30.7 Å². The molecule has 0 amide bonds. The molecule has 0 unspecified atom stereocenters. The molecular formula is C11H19N3O2S. The number of hydrogen-bond acceptors (Lipinski definition) is 3. The summed E-state index contributed by atoms with van der Waals surface area (Å²) >= 11 is 0. The minimum atomic E-state index is -3.35. The second-order valence-electron chi connectivity index (χ2n) is 4.59. The Labute approximate surface area is 102 Å². The molecule has 1 saturated heterocycles. The quantitative estimate of drug-likeness (QED) is 0.800. The third-order valence-electron chi connectivity index (χ3n) is 3.36. The molecule has 1 aliphatic heterocycles. The van der Waals surface area contributed by atoms with Crippen molar-refractivity contribution in [1.82, 2.24) is 14.1 Å². The maximum Gasteiger partial charge on any atom is 0.246 e. The van der Waals surface area contributed by atoms with Gasteiger partial charge in [-0.2, -0.15) is 9.40 Å². The highest BCUT2D eigenvalue weighted by Gasteiger charge is 2.31. The molecule has 2 heterocycles. The van der Waals surface area contributed by atoms with E-state index in [2.05, 4.69) is 5.10 Å². The van der Waals surface area contributed by atoms with Crippen molar-refractivity contribution in [2.24, 2.45) is 7.05 Å². The van der Waals surface area contributed by atoms with Crippen molar-refractivity contribution in [2.45, 2.75) is 38.0 Å². The van der Waals surface area contributed by atoms with E-state index in [1.807, 2.05) is 0 Å². The van der Waals surface area contributed by atoms with E-state index in [4.69, 9.17) is 0 Å². The van der Waals surface area contributed by atoms with Crippen LogP contribution in [0.15, 0.2) is 4.90 Å². The van der Waals surface area contributed by atoms with Crippen LogP contribution in [-0.4, -0.2) is 35.6 Å². The molecule has 0 aromatic carbocycles. The molecule has 96 valence electrons. The fourth-order valence-corrected chi connectivity index (χ4v) is 4.28. The van der Waals surface area contributed by atoms with Crippen molar-refractivity contribution >= 4 is 10.0 Å². The molecule has 0 spiro atoms. The first-order chi connectivity index (χ1) is 7.94. The number of aryl methyl sites for hydroxylation is 2. The minimum Gasteiger partial charge on any atom is -0.271 e. The van der Waals surface area contributed by atoms with Gasteiger partial charge in [0.25, 0.3) is 0 Å². The van der Waals surface area contributed by atoms with Gasteiger partial charge in [-0.3, -0.25) is 4.68 Å². The fraction of sp³-hybridized carbons (Fsp3) is 0.727. The van der Waals surface area contributed by atoms with Gasteiger partial charge in [0, 0.05) is 20.1 Å². The summed E-state index contributed by atoms with van der Waals surface area (Å²) in [5.74, 6) is 0. The Bertz CT molecular complexity index is 513. The summed E-state index contributed by atoms with van der Waals surface area (Å²) in [6.45, 7) is 4.83. The van der Waals surface area contributed by atoms with E-state index in [9.17, 15) is 8.42 Å². The van der Waals surface area contributed by atoms with E-state index in [-0.39, 0.29) is 0 Å². The molecular weight excluding hydrogens is 238 g/mol. The second-order valence-corrected chi connectivity index (χ2v) is 6.46. The zero-order valence-corrected chi connectivity index (χ0v) is 11.4. The van der Waals surface area contributed by atoms with E-state index < -0.39 is 10.0 Å². The Morgan fingerprint density at radius 2 is 1.71 bits per heavy atom. The molecule has 1 aromatic rings. The highest BCUT2D eigenvalue weighted by atomic mass is 32.2. The molecule has 0 aliphatic carbocycles. The Hall–Kier alpha value is -0.880. The Morgan fingerprint density at radius 3 is 2.18 bits per heavy atom. The van der Waals surface area contributed by atoms with Crippen LogP contribution in [0, 0.1) is 13.8 Å². The summed E-state index contributed by atoms with van der Waals surface area (Å²) in [5, 5.41) is 4.18. The topological polar surface area (TPSA) is 55.2 Å². The molecule has 0 N–H and O–H groups in total. The molecule has 17 heavy (non-hydrogen) atoms. The summed E-state index contributed by atoms with van der Waals surface area (Å²) in [6, 6.07) is 0. The van der Waals surface area contributed by atoms with Gasteiger partial charge < -0.3 is 0 Å². The van der Waals surface area contributed by atoms with E-state index in [1.165, 1.54) is 0 Å². The Balaban J connectivity index is 2.43. The summed E-state index contributed by atoms with van der Waals surface area (Å²) < 4.78 is 28.3. The van der Waals surface area contributed by atoms with Crippen LogP contribution in [-0.2, 0) is 17.1 Å². The maximum absolute atomic E-state index is 12.5. The third kappa shape index (κ3) is 2.11. The molecule has 5 nitrogen and oxygen atoms in total. The lowest BCUT2D eigenvalue weighted by molar-refractivity contribution is 0.346. The first-order valence-electron chi connectivity index (χ1n) is 5.95. The monoisotopic (exact) mass is 257 g/mol. The van der Waals surface area contributed by atoms with Crippen molar-refractivity contribution in [3.63, 3.8) is 0 Å². The summed E-state index contributed by atoms with van der Waals surface area (Å²) in [4.78, 5) is 0.391. The summed E-state index contributed by atoms with van der Waals surface area (Å²) in [6.07, 6.45) is 3.03. The van der Waals surface area contributed by atoms with Crippen LogP contribution >= 0.6 is 0 Å². The number of rotatable bonds is 2. The fourth-order valence-electron chi connectivity index (χ4n) is 2.36. The molecule has 0 radical (unpaired) electrons. The van der Waals surface area contributed by atoms with Gasteiger partial charge in [-0.05, 0) is 26.7 Å². The van der Waals surface area contributed by atoms with Crippen molar-refractivity contribution in [2.75, 3.05) is 13.1 Å². The molecule has 0 saturated carbocycles. The number of nitrogens with zero attached hydrogens (tertiary/aromatic N) is 3. The minimum absolute atomic E-state index is 0.391. The van der Waals surface area contributed by atoms with Crippen LogP contribution in [0.3, 0.4) is 0 Å².